The zero-order valence-corrected chi connectivity index (χ0v) is 15.5. The predicted octanol–water partition coefficient (Wildman–Crippen LogP) is 4.69. The summed E-state index contributed by atoms with van der Waals surface area (Å²) >= 11 is 3.36. The number of carboxylic acids is 2. The molecule has 0 aliphatic carbocycles. The minimum absolute atomic E-state index is 0.173. The lowest BCUT2D eigenvalue weighted by Crippen LogP contribution is -2.27. The zero-order valence-electron chi connectivity index (χ0n) is 13.9. The molecule has 134 valence electrons. The van der Waals surface area contributed by atoms with Crippen LogP contribution in [-0.4, -0.2) is 22.2 Å². The largest absolute Gasteiger partial charge is 0.478 e. The maximum absolute atomic E-state index is 12.2. The van der Waals surface area contributed by atoms with Crippen LogP contribution in [0.4, 0.5) is 5.69 Å². The van der Waals surface area contributed by atoms with Crippen molar-refractivity contribution in [2.45, 2.75) is 6.04 Å². The van der Waals surface area contributed by atoms with Crippen molar-refractivity contribution in [3.05, 3.63) is 81.8 Å². The highest BCUT2D eigenvalue weighted by Gasteiger charge is 2.36. The molecule has 1 aliphatic heterocycles. The molecule has 0 fully saturated rings. The van der Waals surface area contributed by atoms with Crippen molar-refractivity contribution < 1.29 is 19.8 Å². The van der Waals surface area contributed by atoms with E-state index in [9.17, 15) is 19.8 Å². The fourth-order valence-electron chi connectivity index (χ4n) is 3.53. The fraction of sp³-hybridized carbons (Fsp3) is 0.0476. The van der Waals surface area contributed by atoms with Gasteiger partial charge >= 0.3 is 11.9 Å². The molecule has 27 heavy (non-hydrogen) atoms. The SMILES string of the molecule is O=C(O)C1=C(C(=O)O)C(c2ccc(Br)cc2)Nc2ccc3ccccc3c21. The molecule has 0 saturated carbocycles. The summed E-state index contributed by atoms with van der Waals surface area (Å²) < 4.78 is 0.854. The molecule has 6 heteroatoms. The first-order valence-corrected chi connectivity index (χ1v) is 9.01. The maximum atomic E-state index is 12.2. The van der Waals surface area contributed by atoms with E-state index in [2.05, 4.69) is 21.2 Å². The van der Waals surface area contributed by atoms with Gasteiger partial charge in [-0.15, -0.1) is 0 Å². The van der Waals surface area contributed by atoms with Gasteiger partial charge in [0.15, 0.2) is 0 Å². The first kappa shape index (κ1) is 17.3. The van der Waals surface area contributed by atoms with Crippen LogP contribution in [0.1, 0.15) is 17.2 Å². The normalized spacial score (nSPS) is 16.0. The van der Waals surface area contributed by atoms with Crippen LogP contribution in [0, 0.1) is 0 Å². The number of nitrogens with one attached hydrogen (secondary N) is 1. The van der Waals surface area contributed by atoms with Gasteiger partial charge in [0.2, 0.25) is 0 Å². The van der Waals surface area contributed by atoms with Crippen LogP contribution in [0.2, 0.25) is 0 Å². The quantitative estimate of drug-likeness (QED) is 0.568. The van der Waals surface area contributed by atoms with Crippen molar-refractivity contribution in [3.63, 3.8) is 0 Å². The van der Waals surface area contributed by atoms with Crippen molar-refractivity contribution in [2.75, 3.05) is 5.32 Å². The molecule has 0 spiro atoms. The van der Waals surface area contributed by atoms with Crippen molar-refractivity contribution in [1.82, 2.24) is 0 Å². The second kappa shape index (κ2) is 6.55. The zero-order chi connectivity index (χ0) is 19.1. The second-order valence-corrected chi connectivity index (χ2v) is 7.15. The molecule has 0 bridgehead atoms. The molecule has 1 unspecified atom stereocenters. The van der Waals surface area contributed by atoms with Gasteiger partial charge in [-0.25, -0.2) is 9.59 Å². The number of halogens is 1. The van der Waals surface area contributed by atoms with Crippen molar-refractivity contribution in [1.29, 1.82) is 0 Å². The molecule has 3 aromatic rings. The molecule has 1 heterocycles. The van der Waals surface area contributed by atoms with Crippen LogP contribution < -0.4 is 5.32 Å². The van der Waals surface area contributed by atoms with Gasteiger partial charge in [-0.1, -0.05) is 58.4 Å². The number of carbonyl (C=O) groups is 2. The molecule has 3 N–H and O–H groups in total. The molecule has 5 nitrogen and oxygen atoms in total. The van der Waals surface area contributed by atoms with Crippen LogP contribution in [0.25, 0.3) is 16.3 Å². The van der Waals surface area contributed by atoms with Gasteiger partial charge in [0, 0.05) is 15.7 Å². The monoisotopic (exact) mass is 423 g/mol. The molecule has 1 aliphatic rings. The summed E-state index contributed by atoms with van der Waals surface area (Å²) in [5.74, 6) is -2.51. The fourth-order valence-corrected chi connectivity index (χ4v) is 3.79. The summed E-state index contributed by atoms with van der Waals surface area (Å²) in [6, 6.07) is 17.4. The lowest BCUT2D eigenvalue weighted by Gasteiger charge is -2.30. The number of anilines is 1. The Morgan fingerprint density at radius 3 is 2.26 bits per heavy atom. The first-order chi connectivity index (χ1) is 13.0. The van der Waals surface area contributed by atoms with E-state index in [1.165, 1.54) is 0 Å². The van der Waals surface area contributed by atoms with E-state index >= 15 is 0 Å². The van der Waals surface area contributed by atoms with E-state index in [0.29, 0.717) is 22.2 Å². The number of hydrogen-bond donors (Lipinski definition) is 3. The Hall–Kier alpha value is -3.12. The van der Waals surface area contributed by atoms with E-state index < -0.39 is 18.0 Å². The maximum Gasteiger partial charge on any atom is 0.337 e. The second-order valence-electron chi connectivity index (χ2n) is 6.24. The third-order valence-electron chi connectivity index (χ3n) is 4.68. The number of fused-ring (bicyclic) bond motifs is 3. The Balaban J connectivity index is 2.05. The Morgan fingerprint density at radius 2 is 1.59 bits per heavy atom. The molecule has 0 amide bonds. The number of rotatable bonds is 3. The van der Waals surface area contributed by atoms with E-state index in [1.54, 1.807) is 36.4 Å². The van der Waals surface area contributed by atoms with Crippen LogP contribution in [-0.2, 0) is 9.59 Å². The highest BCUT2D eigenvalue weighted by molar-refractivity contribution is 9.10. The van der Waals surface area contributed by atoms with Crippen molar-refractivity contribution in [2.24, 2.45) is 0 Å². The lowest BCUT2D eigenvalue weighted by atomic mass is 9.84. The minimum Gasteiger partial charge on any atom is -0.478 e. The van der Waals surface area contributed by atoms with E-state index in [-0.39, 0.29) is 11.1 Å². The van der Waals surface area contributed by atoms with Crippen LogP contribution in [0.15, 0.2) is 70.7 Å². The van der Waals surface area contributed by atoms with Gasteiger partial charge in [-0.05, 0) is 34.5 Å². The summed E-state index contributed by atoms with van der Waals surface area (Å²) in [6.45, 7) is 0. The summed E-state index contributed by atoms with van der Waals surface area (Å²) in [4.78, 5) is 24.2. The van der Waals surface area contributed by atoms with E-state index in [4.69, 9.17) is 0 Å². The predicted molar refractivity (Wildman–Crippen MR) is 107 cm³/mol. The van der Waals surface area contributed by atoms with E-state index in [0.717, 1.165) is 9.86 Å². The minimum atomic E-state index is -1.26. The molecular weight excluding hydrogens is 410 g/mol. The Bertz CT molecular complexity index is 1120. The third-order valence-corrected chi connectivity index (χ3v) is 5.21. The number of benzene rings is 3. The standard InChI is InChI=1S/C21H14BrNO4/c22-13-8-5-12(6-9-13)19-18(21(26)27)17(20(24)25)16-14-4-2-1-3-11(14)7-10-15(16)23-19/h1-10,19,23H,(H,24,25)(H,26,27). The molecule has 0 aromatic heterocycles. The molecule has 1 atom stereocenters. The number of aliphatic carboxylic acids is 2. The summed E-state index contributed by atoms with van der Waals surface area (Å²) in [5, 5.41) is 24.6. The number of hydrogen-bond acceptors (Lipinski definition) is 3. The van der Waals surface area contributed by atoms with Gasteiger partial charge in [0.25, 0.3) is 0 Å². The van der Waals surface area contributed by atoms with Gasteiger partial charge in [-0.3, -0.25) is 0 Å². The molecule has 4 rings (SSSR count). The number of carboxylic acid groups (broad SMARTS) is 2. The topological polar surface area (TPSA) is 86.6 Å². The molecule has 3 aromatic carbocycles. The smallest absolute Gasteiger partial charge is 0.337 e. The van der Waals surface area contributed by atoms with Gasteiger partial charge < -0.3 is 15.5 Å². The molecule has 0 saturated heterocycles. The average Bonchev–Trinajstić information content (AvgIpc) is 2.66. The van der Waals surface area contributed by atoms with Crippen molar-refractivity contribution in [3.8, 4) is 0 Å². The van der Waals surface area contributed by atoms with E-state index in [1.807, 2.05) is 24.3 Å². The van der Waals surface area contributed by atoms with Gasteiger partial charge in [0.05, 0.1) is 17.2 Å². The Labute approximate surface area is 163 Å². The van der Waals surface area contributed by atoms with Crippen LogP contribution in [0.5, 0.6) is 0 Å². The van der Waals surface area contributed by atoms with Gasteiger partial charge in [0.1, 0.15) is 0 Å². The lowest BCUT2D eigenvalue weighted by molar-refractivity contribution is -0.134. The Kier molecular flexibility index (Phi) is 4.20. The Morgan fingerprint density at radius 1 is 0.889 bits per heavy atom. The average molecular weight is 424 g/mol. The van der Waals surface area contributed by atoms with Crippen LogP contribution in [0.3, 0.4) is 0 Å². The highest BCUT2D eigenvalue weighted by Crippen LogP contribution is 2.44. The molecular formula is C21H14BrNO4. The third kappa shape index (κ3) is 2.88. The van der Waals surface area contributed by atoms with Gasteiger partial charge in [-0.2, -0.15) is 0 Å². The summed E-state index contributed by atoms with van der Waals surface area (Å²) in [7, 11) is 0. The summed E-state index contributed by atoms with van der Waals surface area (Å²) in [6.07, 6.45) is 0. The first-order valence-electron chi connectivity index (χ1n) is 8.22. The summed E-state index contributed by atoms with van der Waals surface area (Å²) in [5.41, 5.74) is 1.33. The van der Waals surface area contributed by atoms with Crippen LogP contribution >= 0.6 is 15.9 Å². The van der Waals surface area contributed by atoms with Crippen molar-refractivity contribution >= 4 is 49.9 Å². The molecule has 0 radical (unpaired) electrons. The highest BCUT2D eigenvalue weighted by atomic mass is 79.9.